The van der Waals surface area contributed by atoms with Gasteiger partial charge in [0.05, 0.1) is 0 Å². The molecule has 40 heavy (non-hydrogen) atoms. The van der Waals surface area contributed by atoms with Gasteiger partial charge in [0.1, 0.15) is 0 Å². The monoisotopic (exact) mass is 571 g/mol. The van der Waals surface area contributed by atoms with E-state index >= 15 is 0 Å². The molecule has 2 saturated heterocycles. The van der Waals surface area contributed by atoms with Crippen LogP contribution in [-0.4, -0.2) is 19.6 Å². The van der Waals surface area contributed by atoms with E-state index in [1.807, 2.05) is 11.0 Å². The predicted molar refractivity (Wildman–Crippen MR) is 180 cm³/mol. The third kappa shape index (κ3) is 4.68. The quantitative estimate of drug-likeness (QED) is 0.214. The summed E-state index contributed by atoms with van der Waals surface area (Å²) >= 11 is 0. The molecular weight excluding hydrogens is 517 g/mol. The average molecular weight is 572 g/mol. The molecule has 0 radical (unpaired) electrons. The molecule has 0 amide bonds. The molecule has 3 heteroatoms. The van der Waals surface area contributed by atoms with Crippen molar-refractivity contribution in [1.29, 1.82) is 0 Å². The number of hydrogen-bond donors (Lipinski definition) is 0. The minimum atomic E-state index is -1.86. The number of anilines is 1. The summed E-state index contributed by atoms with van der Waals surface area (Å²) in [6.07, 6.45) is 7.23. The number of fused-ring (bicyclic) bond motifs is 2. The minimum Gasteiger partial charge on any atom is -0.367 e. The van der Waals surface area contributed by atoms with Gasteiger partial charge in [0.15, 0.2) is 8.24 Å². The van der Waals surface area contributed by atoms with Crippen molar-refractivity contribution in [3.05, 3.63) is 70.7 Å². The van der Waals surface area contributed by atoms with Crippen molar-refractivity contribution in [3.8, 4) is 0 Å². The zero-order chi connectivity index (χ0) is 28.3. The Bertz CT molecular complexity index is 1200. The summed E-state index contributed by atoms with van der Waals surface area (Å²) in [7, 11) is -1.97. The summed E-state index contributed by atoms with van der Waals surface area (Å²) in [5.41, 5.74) is 8.55. The van der Waals surface area contributed by atoms with E-state index in [2.05, 4.69) is 108 Å². The minimum absolute atomic E-state index is 0.107. The van der Waals surface area contributed by atoms with E-state index in [0.717, 1.165) is 35.0 Å². The van der Waals surface area contributed by atoms with Gasteiger partial charge >= 0.3 is 0 Å². The predicted octanol–water partition coefficient (Wildman–Crippen LogP) is 10.6. The lowest BCUT2D eigenvalue weighted by Gasteiger charge is -2.44. The second-order valence-electron chi connectivity index (χ2n) is 14.9. The molecule has 2 aromatic carbocycles. The standard InChI is InChI=1S/C37H54NPSi/c1-24(2)31-15-12-16-32(25(3)4)36(31)38(40(21-22-40)30-13-10-9-11-14-30)35-28-17-18-29(23-28)37(35)39-33(26(5)6)19-20-34(39)27(7)8/h9-16,24-29,33-34H,17-23H2,1-8H3. The highest BCUT2D eigenvalue weighted by Gasteiger charge is 2.59. The van der Waals surface area contributed by atoms with Crippen molar-refractivity contribution in [3.63, 3.8) is 0 Å². The van der Waals surface area contributed by atoms with Gasteiger partial charge in [-0.25, -0.2) is 0 Å². The van der Waals surface area contributed by atoms with E-state index in [4.69, 9.17) is 0 Å². The van der Waals surface area contributed by atoms with Crippen molar-refractivity contribution < 1.29 is 0 Å². The number of para-hydroxylation sites is 1. The van der Waals surface area contributed by atoms with Gasteiger partial charge in [-0.1, -0.05) is 112 Å². The largest absolute Gasteiger partial charge is 0.367 e. The van der Waals surface area contributed by atoms with Crippen LogP contribution in [0.1, 0.15) is 110 Å². The van der Waals surface area contributed by atoms with Crippen molar-refractivity contribution in [2.24, 2.45) is 23.7 Å². The molecule has 3 fully saturated rings. The first-order valence-corrected chi connectivity index (χ1v) is 20.5. The topological polar surface area (TPSA) is 3.24 Å². The molecule has 2 heterocycles. The smallest absolute Gasteiger partial charge is 0.193 e. The van der Waals surface area contributed by atoms with Crippen LogP contribution in [0, 0.1) is 23.7 Å². The highest BCUT2D eigenvalue weighted by atomic mass is 31.1. The molecule has 2 aliphatic carbocycles. The van der Waals surface area contributed by atoms with Crippen molar-refractivity contribution in [2.75, 3.05) is 4.57 Å². The average Bonchev–Trinajstić information content (AvgIpc) is 3.25. The maximum Gasteiger partial charge on any atom is 0.193 e. The van der Waals surface area contributed by atoms with Gasteiger partial charge in [0.25, 0.3) is 0 Å². The van der Waals surface area contributed by atoms with Crippen LogP contribution < -0.4 is 9.75 Å². The highest BCUT2D eigenvalue weighted by Crippen LogP contribution is 2.73. The third-order valence-electron chi connectivity index (χ3n) is 11.0. The van der Waals surface area contributed by atoms with Crippen molar-refractivity contribution in [1.82, 2.24) is 0 Å². The number of rotatable bonds is 9. The fraction of sp³-hybridized carbons (Fsp3) is 0.622. The first kappa shape index (κ1) is 28.7. The molecule has 0 N–H and O–H groups in total. The molecule has 1 nitrogen and oxygen atoms in total. The van der Waals surface area contributed by atoms with Gasteiger partial charge in [-0.3, -0.25) is 0 Å². The fourth-order valence-electron chi connectivity index (χ4n) is 8.91. The molecule has 4 atom stereocenters. The van der Waals surface area contributed by atoms with Crippen LogP contribution in [0.15, 0.2) is 59.5 Å². The SMILES string of the molecule is CC(C)c1cccc(C(C)C)c1N(C1=C(P2C(C(C)C)CCC2C(C)C)C2CCC1C2)[Si]1(c2ccccc2)CC1. The molecule has 0 spiro atoms. The number of benzene rings is 2. The molecule has 2 aliphatic heterocycles. The maximum absolute atomic E-state index is 3.21. The molecule has 2 aromatic rings. The van der Waals surface area contributed by atoms with E-state index in [-0.39, 0.29) is 7.92 Å². The number of hydrogen-bond acceptors (Lipinski definition) is 1. The normalized spacial score (nSPS) is 29.1. The first-order chi connectivity index (χ1) is 19.2. The Labute approximate surface area is 248 Å². The van der Waals surface area contributed by atoms with E-state index in [9.17, 15) is 0 Å². The fourth-order valence-corrected chi connectivity index (χ4v) is 18.0. The van der Waals surface area contributed by atoms with Crippen LogP contribution in [0.3, 0.4) is 0 Å². The Balaban J connectivity index is 1.65. The van der Waals surface area contributed by atoms with Gasteiger partial charge < -0.3 is 4.57 Å². The first-order valence-electron chi connectivity index (χ1n) is 16.7. The van der Waals surface area contributed by atoms with Gasteiger partial charge in [-0.15, -0.1) is 0 Å². The van der Waals surface area contributed by atoms with E-state index < -0.39 is 8.24 Å². The summed E-state index contributed by atoms with van der Waals surface area (Å²) in [6.45, 7) is 19.9. The lowest BCUT2D eigenvalue weighted by Crippen LogP contribution is -2.53. The molecule has 4 unspecified atom stereocenters. The van der Waals surface area contributed by atoms with Gasteiger partial charge in [0.2, 0.25) is 0 Å². The number of nitrogens with zero attached hydrogens (tertiary/aromatic N) is 1. The molecule has 1 saturated carbocycles. The Morgan fingerprint density at radius 1 is 0.675 bits per heavy atom. The van der Waals surface area contributed by atoms with Crippen LogP contribution >= 0.6 is 7.92 Å². The molecule has 2 bridgehead atoms. The Morgan fingerprint density at radius 3 is 1.73 bits per heavy atom. The van der Waals surface area contributed by atoms with E-state index in [1.165, 1.54) is 44.2 Å². The molecule has 216 valence electrons. The molecular formula is C37H54NPSi. The summed E-state index contributed by atoms with van der Waals surface area (Å²) in [6, 6.07) is 22.0. The summed E-state index contributed by atoms with van der Waals surface area (Å²) < 4.78 is 3.21. The van der Waals surface area contributed by atoms with Crippen LogP contribution in [-0.2, 0) is 0 Å². The Hall–Kier alpha value is -1.37. The molecule has 4 aliphatic rings. The van der Waals surface area contributed by atoms with Crippen LogP contribution in [0.2, 0.25) is 12.1 Å². The molecule has 0 aromatic heterocycles. The Kier molecular flexibility index (Phi) is 7.93. The second kappa shape index (κ2) is 11.0. The molecule has 6 rings (SSSR count). The lowest BCUT2D eigenvalue weighted by atomic mass is 9.91. The number of allylic oxidation sites excluding steroid dienone is 2. The van der Waals surface area contributed by atoms with Crippen molar-refractivity contribution >= 4 is 27.0 Å². The highest BCUT2D eigenvalue weighted by molar-refractivity contribution is 7.64. The summed E-state index contributed by atoms with van der Waals surface area (Å²) in [5, 5.41) is 3.71. The van der Waals surface area contributed by atoms with E-state index in [1.54, 1.807) is 22.0 Å². The zero-order valence-corrected chi connectivity index (χ0v) is 28.5. The third-order valence-corrected chi connectivity index (χ3v) is 19.5. The zero-order valence-electron chi connectivity index (χ0n) is 26.6. The second-order valence-corrected chi connectivity index (χ2v) is 21.6. The lowest BCUT2D eigenvalue weighted by molar-refractivity contribution is 0.543. The van der Waals surface area contributed by atoms with Crippen LogP contribution in [0.25, 0.3) is 0 Å². The Morgan fingerprint density at radius 2 is 1.23 bits per heavy atom. The van der Waals surface area contributed by atoms with E-state index in [0.29, 0.717) is 11.8 Å². The van der Waals surface area contributed by atoms with Crippen LogP contribution in [0.5, 0.6) is 0 Å². The maximum atomic E-state index is 3.21. The van der Waals surface area contributed by atoms with Gasteiger partial charge in [0, 0.05) is 11.4 Å². The summed E-state index contributed by atoms with van der Waals surface area (Å²) in [5.74, 6) is 4.28. The van der Waals surface area contributed by atoms with Crippen molar-refractivity contribution in [2.45, 2.75) is 123 Å². The summed E-state index contributed by atoms with van der Waals surface area (Å²) in [4.78, 5) is 0. The van der Waals surface area contributed by atoms with Gasteiger partial charge in [-0.2, -0.15) is 0 Å². The van der Waals surface area contributed by atoms with Crippen LogP contribution in [0.4, 0.5) is 5.69 Å². The van der Waals surface area contributed by atoms with Gasteiger partial charge in [-0.05, 0) is 113 Å².